The normalized spacial score (nSPS) is 14.4. The predicted molar refractivity (Wildman–Crippen MR) is 161 cm³/mol. The summed E-state index contributed by atoms with van der Waals surface area (Å²) in [7, 11) is -3.19. The number of benzene rings is 1. The molecule has 1 fully saturated rings. The van der Waals surface area contributed by atoms with Gasteiger partial charge >= 0.3 is 0 Å². The molecule has 1 unspecified atom stereocenters. The lowest BCUT2D eigenvalue weighted by Gasteiger charge is -2.13. The van der Waals surface area contributed by atoms with E-state index in [0.717, 1.165) is 103 Å². The number of aryl methyl sites for hydroxylation is 1. The van der Waals surface area contributed by atoms with Crippen LogP contribution in [0.4, 0.5) is 0 Å². The van der Waals surface area contributed by atoms with Crippen LogP contribution in [0.1, 0.15) is 94.2 Å². The Bertz CT molecular complexity index is 1170. The van der Waals surface area contributed by atoms with Crippen LogP contribution in [-0.4, -0.2) is 71.4 Å². The number of pyridine rings is 1. The van der Waals surface area contributed by atoms with Crippen LogP contribution in [-0.2, 0) is 32.4 Å². The highest BCUT2D eigenvalue weighted by atomic mass is 32.2. The van der Waals surface area contributed by atoms with Gasteiger partial charge < -0.3 is 30.5 Å². The summed E-state index contributed by atoms with van der Waals surface area (Å²) in [6, 6.07) is 10.5. The number of hydrogen-bond donors (Lipinski definition) is 5. The van der Waals surface area contributed by atoms with Gasteiger partial charge in [0.05, 0.1) is 22.4 Å². The van der Waals surface area contributed by atoms with Crippen molar-refractivity contribution >= 4 is 15.8 Å². The van der Waals surface area contributed by atoms with Gasteiger partial charge in [-0.25, -0.2) is 13.4 Å². The van der Waals surface area contributed by atoms with Gasteiger partial charge in [-0.15, -0.1) is 0 Å². The maximum absolute atomic E-state index is 12.8. The third kappa shape index (κ3) is 13.2. The van der Waals surface area contributed by atoms with Crippen molar-refractivity contribution in [2.75, 3.05) is 26.3 Å². The van der Waals surface area contributed by atoms with Crippen LogP contribution in [0.25, 0.3) is 0 Å². The number of ether oxygens (including phenoxy) is 1. The molecular formula is C31H48N2O8S. The van der Waals surface area contributed by atoms with Gasteiger partial charge in [-0.3, -0.25) is 4.79 Å². The fraction of sp³-hybridized carbons (Fsp3) is 0.613. The van der Waals surface area contributed by atoms with E-state index in [1.165, 1.54) is 6.07 Å². The maximum atomic E-state index is 12.8. The Labute approximate surface area is 250 Å². The Morgan fingerprint density at radius 1 is 1.05 bits per heavy atom. The van der Waals surface area contributed by atoms with Crippen LogP contribution < -0.4 is 5.32 Å². The molecule has 0 radical (unpaired) electrons. The second kappa shape index (κ2) is 19.6. The van der Waals surface area contributed by atoms with E-state index in [1.54, 1.807) is 12.1 Å². The molecule has 10 nitrogen and oxygen atoms in total. The maximum Gasteiger partial charge on any atom is 0.300 e. The standard InChI is InChI=1S/C29H44N2O6S.C2H4O2/c32-22-27-28(33)16-15-26(31-27)29(34)21-30-17-6-1-2-7-18-37-19-8-5-10-23-11-9-14-25(20-23)38(35,36)24-12-3-4-13-24;1-2(3)4/h9,11,14-16,20,24,29-30,32-34H,1-8,10,12-13,17-19,21-22H2;1H3,(H,3,4). The van der Waals surface area contributed by atoms with Crippen molar-refractivity contribution in [2.24, 2.45) is 0 Å². The number of sulfone groups is 1. The Morgan fingerprint density at radius 2 is 1.71 bits per heavy atom. The zero-order valence-corrected chi connectivity index (χ0v) is 25.5. The Balaban J connectivity index is 0.00000144. The highest BCUT2D eigenvalue weighted by Gasteiger charge is 2.30. The lowest BCUT2D eigenvalue weighted by Crippen LogP contribution is -2.23. The molecule has 11 heteroatoms. The fourth-order valence-corrected chi connectivity index (χ4v) is 6.79. The quantitative estimate of drug-likeness (QED) is 0.154. The highest BCUT2D eigenvalue weighted by molar-refractivity contribution is 7.92. The zero-order valence-electron chi connectivity index (χ0n) is 24.7. The summed E-state index contributed by atoms with van der Waals surface area (Å²) in [5.41, 5.74) is 1.68. The van der Waals surface area contributed by atoms with Gasteiger partial charge in [-0.1, -0.05) is 37.8 Å². The molecule has 5 N–H and O–H groups in total. The van der Waals surface area contributed by atoms with Crippen LogP contribution in [0.3, 0.4) is 0 Å². The lowest BCUT2D eigenvalue weighted by atomic mass is 10.1. The van der Waals surface area contributed by atoms with Crippen molar-refractivity contribution in [2.45, 2.75) is 100 Å². The molecule has 0 saturated heterocycles. The van der Waals surface area contributed by atoms with E-state index in [0.29, 0.717) is 17.1 Å². The van der Waals surface area contributed by atoms with Gasteiger partial charge in [0.2, 0.25) is 0 Å². The third-order valence-corrected chi connectivity index (χ3v) is 9.42. The number of aromatic nitrogens is 1. The molecule has 3 rings (SSSR count). The summed E-state index contributed by atoms with van der Waals surface area (Å²) in [5, 5.41) is 39.4. The van der Waals surface area contributed by atoms with E-state index in [4.69, 9.17) is 14.6 Å². The van der Waals surface area contributed by atoms with Crippen molar-refractivity contribution in [1.29, 1.82) is 0 Å². The SMILES string of the molecule is CC(=O)O.O=S(=O)(c1cccc(CCCCOCCCCCCNCC(O)c2ccc(O)c(CO)n2)c1)C1CCCC1. The summed E-state index contributed by atoms with van der Waals surface area (Å²) in [4.78, 5) is 13.6. The molecule has 1 aliphatic rings. The zero-order chi connectivity index (χ0) is 30.8. The highest BCUT2D eigenvalue weighted by Crippen LogP contribution is 2.30. The molecule has 0 aliphatic heterocycles. The average Bonchev–Trinajstić information content (AvgIpc) is 3.52. The van der Waals surface area contributed by atoms with Gasteiger partial charge in [0.15, 0.2) is 9.84 Å². The monoisotopic (exact) mass is 608 g/mol. The van der Waals surface area contributed by atoms with E-state index in [2.05, 4.69) is 10.3 Å². The number of aliphatic hydroxyl groups is 2. The molecule has 0 amide bonds. The lowest BCUT2D eigenvalue weighted by molar-refractivity contribution is -0.134. The topological polar surface area (TPSA) is 166 Å². The number of hydrogen-bond acceptors (Lipinski definition) is 9. The first-order chi connectivity index (χ1) is 20.1. The molecule has 0 spiro atoms. The number of carbonyl (C=O) groups is 1. The molecule has 1 atom stereocenters. The van der Waals surface area contributed by atoms with Gasteiger partial charge in [-0.2, -0.15) is 0 Å². The second-order valence-corrected chi connectivity index (χ2v) is 12.9. The number of rotatable bonds is 18. The predicted octanol–water partition coefficient (Wildman–Crippen LogP) is 4.31. The smallest absolute Gasteiger partial charge is 0.300 e. The van der Waals surface area contributed by atoms with E-state index >= 15 is 0 Å². The molecule has 42 heavy (non-hydrogen) atoms. The van der Waals surface area contributed by atoms with Crippen LogP contribution in [0.5, 0.6) is 5.75 Å². The number of unbranched alkanes of at least 4 members (excludes halogenated alkanes) is 4. The summed E-state index contributed by atoms with van der Waals surface area (Å²) >= 11 is 0. The molecule has 1 aliphatic carbocycles. The number of carboxylic acids is 1. The molecule has 1 aromatic carbocycles. The number of nitrogens with one attached hydrogen (secondary N) is 1. The molecular weight excluding hydrogens is 560 g/mol. The van der Waals surface area contributed by atoms with Gasteiger partial charge in [-0.05, 0) is 81.3 Å². The van der Waals surface area contributed by atoms with Crippen molar-refractivity contribution < 1.29 is 38.4 Å². The van der Waals surface area contributed by atoms with E-state index in [1.807, 2.05) is 18.2 Å². The summed E-state index contributed by atoms with van der Waals surface area (Å²) in [6.07, 6.45) is 9.82. The molecule has 0 bridgehead atoms. The van der Waals surface area contributed by atoms with E-state index in [9.17, 15) is 23.7 Å². The first-order valence-corrected chi connectivity index (χ1v) is 16.5. The summed E-state index contributed by atoms with van der Waals surface area (Å²) in [5.74, 6) is -0.907. The Kier molecular flexibility index (Phi) is 16.6. The second-order valence-electron chi connectivity index (χ2n) is 10.7. The third-order valence-electron chi connectivity index (χ3n) is 7.16. The molecule has 1 heterocycles. The van der Waals surface area contributed by atoms with Crippen LogP contribution >= 0.6 is 0 Å². The van der Waals surface area contributed by atoms with Crippen molar-refractivity contribution in [3.63, 3.8) is 0 Å². The summed E-state index contributed by atoms with van der Waals surface area (Å²) < 4.78 is 31.4. The number of aromatic hydroxyl groups is 1. The van der Waals surface area contributed by atoms with E-state index in [-0.39, 0.29) is 23.3 Å². The first-order valence-electron chi connectivity index (χ1n) is 14.9. The number of aliphatic hydroxyl groups excluding tert-OH is 2. The Hall–Kier alpha value is -2.57. The molecule has 1 aromatic heterocycles. The van der Waals surface area contributed by atoms with Crippen LogP contribution in [0.2, 0.25) is 0 Å². The number of carboxylic acid groups (broad SMARTS) is 1. The minimum Gasteiger partial charge on any atom is -0.506 e. The summed E-state index contributed by atoms with van der Waals surface area (Å²) in [6.45, 7) is 3.36. The van der Waals surface area contributed by atoms with Crippen LogP contribution in [0, 0.1) is 0 Å². The number of aliphatic carboxylic acids is 1. The average molecular weight is 609 g/mol. The largest absolute Gasteiger partial charge is 0.506 e. The minimum absolute atomic E-state index is 0.0739. The Morgan fingerprint density at radius 3 is 2.40 bits per heavy atom. The molecule has 2 aromatic rings. The van der Waals surface area contributed by atoms with Gasteiger partial charge in [0, 0.05) is 26.7 Å². The first kappa shape index (κ1) is 35.6. The molecule has 236 valence electrons. The van der Waals surface area contributed by atoms with Crippen molar-refractivity contribution in [3.8, 4) is 5.75 Å². The van der Waals surface area contributed by atoms with Gasteiger partial charge in [0.1, 0.15) is 17.5 Å². The van der Waals surface area contributed by atoms with Gasteiger partial charge in [0.25, 0.3) is 5.97 Å². The number of nitrogens with zero attached hydrogens (tertiary/aromatic N) is 1. The van der Waals surface area contributed by atoms with Crippen molar-refractivity contribution in [3.05, 3.63) is 53.3 Å². The minimum atomic E-state index is -3.19. The van der Waals surface area contributed by atoms with Crippen LogP contribution in [0.15, 0.2) is 41.3 Å². The fourth-order valence-electron chi connectivity index (χ4n) is 4.87. The van der Waals surface area contributed by atoms with Crippen molar-refractivity contribution in [1.82, 2.24) is 10.3 Å². The molecule has 1 saturated carbocycles. The van der Waals surface area contributed by atoms with E-state index < -0.39 is 21.9 Å².